The Morgan fingerprint density at radius 2 is 2.21 bits per heavy atom. The number of hydrogen-bond acceptors (Lipinski definition) is 3. The number of hydrogen-bond donors (Lipinski definition) is 0. The molecule has 2 heterocycles. The molecular formula is C15H13BrO2S. The number of aryl methyl sites for hydroxylation is 1. The molecule has 2 nitrogen and oxygen atoms in total. The molecule has 0 aliphatic carbocycles. The van der Waals surface area contributed by atoms with E-state index in [9.17, 15) is 4.79 Å². The lowest BCUT2D eigenvalue weighted by Crippen LogP contribution is -2.19. The van der Waals surface area contributed by atoms with Crippen LogP contribution in [0.4, 0.5) is 0 Å². The minimum Gasteiger partial charge on any atom is -0.484 e. The number of halogens is 1. The number of Topliss-reactive ketones (excluding diaryl/α,β-unsaturated/α-hetero) is 1. The van der Waals surface area contributed by atoms with Gasteiger partial charge in [-0.15, -0.1) is 11.3 Å². The van der Waals surface area contributed by atoms with E-state index in [0.29, 0.717) is 17.7 Å². The molecule has 19 heavy (non-hydrogen) atoms. The van der Waals surface area contributed by atoms with Crippen molar-refractivity contribution in [3.63, 3.8) is 0 Å². The van der Waals surface area contributed by atoms with Crippen LogP contribution >= 0.6 is 27.3 Å². The quantitative estimate of drug-likeness (QED) is 0.788. The van der Waals surface area contributed by atoms with Gasteiger partial charge in [-0.1, -0.05) is 22.9 Å². The SMILES string of the molecule is CCc1ccc(C2CC(=O)c3cc(Br)ccc3O2)s1. The van der Waals surface area contributed by atoms with Crippen LogP contribution < -0.4 is 4.74 Å². The average molecular weight is 337 g/mol. The van der Waals surface area contributed by atoms with Gasteiger partial charge < -0.3 is 4.74 Å². The second kappa shape index (κ2) is 5.10. The fourth-order valence-electron chi connectivity index (χ4n) is 2.21. The number of ketones is 1. The molecule has 0 saturated heterocycles. The lowest BCUT2D eigenvalue weighted by molar-refractivity contribution is 0.0854. The molecule has 0 bridgehead atoms. The van der Waals surface area contributed by atoms with Crippen molar-refractivity contribution in [3.05, 3.63) is 50.1 Å². The normalized spacial score (nSPS) is 18.0. The molecule has 1 unspecified atom stereocenters. The summed E-state index contributed by atoms with van der Waals surface area (Å²) in [5.74, 6) is 0.842. The van der Waals surface area contributed by atoms with Crippen molar-refractivity contribution in [2.24, 2.45) is 0 Å². The zero-order chi connectivity index (χ0) is 13.4. The molecule has 98 valence electrons. The third kappa shape index (κ3) is 2.47. The summed E-state index contributed by atoms with van der Waals surface area (Å²) in [6.45, 7) is 2.13. The minimum absolute atomic E-state index is 0.133. The number of benzene rings is 1. The van der Waals surface area contributed by atoms with Crippen molar-refractivity contribution in [1.29, 1.82) is 0 Å². The first kappa shape index (κ1) is 12.9. The molecule has 1 aromatic carbocycles. The second-order valence-corrected chi connectivity index (χ2v) is 6.65. The summed E-state index contributed by atoms with van der Waals surface area (Å²) in [7, 11) is 0. The zero-order valence-corrected chi connectivity index (χ0v) is 12.9. The molecule has 2 aromatic rings. The molecule has 1 aromatic heterocycles. The Hall–Kier alpha value is -1.13. The van der Waals surface area contributed by atoms with Crippen molar-refractivity contribution in [2.45, 2.75) is 25.9 Å². The topological polar surface area (TPSA) is 26.3 Å². The number of carbonyl (C=O) groups excluding carboxylic acids is 1. The standard InChI is InChI=1S/C15H13BrO2S/c1-2-10-4-6-15(19-10)14-8-12(17)11-7-9(16)3-5-13(11)18-14/h3-7,14H,2,8H2,1H3. The summed E-state index contributed by atoms with van der Waals surface area (Å²) in [4.78, 5) is 14.7. The Kier molecular flexibility index (Phi) is 3.46. The van der Waals surface area contributed by atoms with Crippen LogP contribution in [0.2, 0.25) is 0 Å². The first-order valence-electron chi connectivity index (χ1n) is 6.25. The maximum absolute atomic E-state index is 12.2. The molecule has 1 atom stereocenters. The first-order valence-corrected chi connectivity index (χ1v) is 7.86. The Morgan fingerprint density at radius 1 is 1.37 bits per heavy atom. The second-order valence-electron chi connectivity index (χ2n) is 4.53. The van der Waals surface area contributed by atoms with E-state index in [1.54, 1.807) is 11.3 Å². The molecule has 0 fully saturated rings. The van der Waals surface area contributed by atoms with Gasteiger partial charge in [0.2, 0.25) is 0 Å². The van der Waals surface area contributed by atoms with Crippen LogP contribution in [0.1, 0.15) is 39.6 Å². The molecule has 0 amide bonds. The van der Waals surface area contributed by atoms with Crippen molar-refractivity contribution < 1.29 is 9.53 Å². The highest BCUT2D eigenvalue weighted by Gasteiger charge is 2.28. The zero-order valence-electron chi connectivity index (χ0n) is 10.5. The van der Waals surface area contributed by atoms with E-state index in [4.69, 9.17) is 4.74 Å². The van der Waals surface area contributed by atoms with Crippen LogP contribution in [0.15, 0.2) is 34.8 Å². The molecule has 0 saturated carbocycles. The summed E-state index contributed by atoms with van der Waals surface area (Å²) >= 11 is 5.12. The molecule has 3 rings (SSSR count). The summed E-state index contributed by atoms with van der Waals surface area (Å²) in [6.07, 6.45) is 1.31. The van der Waals surface area contributed by atoms with Crippen LogP contribution in [0.3, 0.4) is 0 Å². The summed E-state index contributed by atoms with van der Waals surface area (Å²) in [5.41, 5.74) is 0.679. The molecule has 1 aliphatic rings. The van der Waals surface area contributed by atoms with Gasteiger partial charge in [0.05, 0.1) is 12.0 Å². The highest BCUT2D eigenvalue weighted by atomic mass is 79.9. The maximum atomic E-state index is 12.2. The predicted molar refractivity (Wildman–Crippen MR) is 80.2 cm³/mol. The minimum atomic E-state index is -0.133. The van der Waals surface area contributed by atoms with Crippen molar-refractivity contribution in [2.75, 3.05) is 0 Å². The van der Waals surface area contributed by atoms with E-state index in [0.717, 1.165) is 15.8 Å². The smallest absolute Gasteiger partial charge is 0.170 e. The third-order valence-electron chi connectivity index (χ3n) is 3.23. The first-order chi connectivity index (χ1) is 9.17. The lowest BCUT2D eigenvalue weighted by atomic mass is 10.00. The van der Waals surface area contributed by atoms with Gasteiger partial charge in [-0.2, -0.15) is 0 Å². The Balaban J connectivity index is 1.92. The monoisotopic (exact) mass is 336 g/mol. The van der Waals surface area contributed by atoms with Crippen LogP contribution in [-0.4, -0.2) is 5.78 Å². The van der Waals surface area contributed by atoms with E-state index < -0.39 is 0 Å². The van der Waals surface area contributed by atoms with Crippen LogP contribution in [0.5, 0.6) is 5.75 Å². The largest absolute Gasteiger partial charge is 0.484 e. The predicted octanol–water partition coefficient (Wildman–Crippen LogP) is 4.78. The number of thiophene rings is 1. The van der Waals surface area contributed by atoms with Gasteiger partial charge in [0.15, 0.2) is 5.78 Å². The van der Waals surface area contributed by atoms with Gasteiger partial charge in [0, 0.05) is 14.2 Å². The van der Waals surface area contributed by atoms with Crippen LogP contribution in [0, 0.1) is 0 Å². The van der Waals surface area contributed by atoms with Crippen molar-refractivity contribution in [1.82, 2.24) is 0 Å². The Morgan fingerprint density at radius 3 is 2.95 bits per heavy atom. The van der Waals surface area contributed by atoms with Gasteiger partial charge in [-0.3, -0.25) is 4.79 Å². The van der Waals surface area contributed by atoms with E-state index in [1.807, 2.05) is 18.2 Å². The molecule has 0 spiro atoms. The molecule has 0 radical (unpaired) electrons. The maximum Gasteiger partial charge on any atom is 0.170 e. The van der Waals surface area contributed by atoms with Crippen LogP contribution in [-0.2, 0) is 6.42 Å². The number of rotatable bonds is 2. The van der Waals surface area contributed by atoms with Crippen molar-refractivity contribution in [3.8, 4) is 5.75 Å². The van der Waals surface area contributed by atoms with Gasteiger partial charge in [0.25, 0.3) is 0 Å². The van der Waals surface area contributed by atoms with Gasteiger partial charge >= 0.3 is 0 Å². The number of carbonyl (C=O) groups is 1. The molecule has 1 aliphatic heterocycles. The summed E-state index contributed by atoms with van der Waals surface area (Å²) < 4.78 is 6.88. The van der Waals surface area contributed by atoms with E-state index >= 15 is 0 Å². The van der Waals surface area contributed by atoms with E-state index in [-0.39, 0.29) is 11.9 Å². The van der Waals surface area contributed by atoms with E-state index in [2.05, 4.69) is 35.0 Å². The Labute approximate surface area is 124 Å². The fourth-order valence-corrected chi connectivity index (χ4v) is 3.56. The van der Waals surface area contributed by atoms with Crippen molar-refractivity contribution >= 4 is 33.0 Å². The summed E-state index contributed by atoms with van der Waals surface area (Å²) in [5, 5.41) is 0. The third-order valence-corrected chi connectivity index (χ3v) is 5.05. The highest BCUT2D eigenvalue weighted by molar-refractivity contribution is 9.10. The number of fused-ring (bicyclic) bond motifs is 1. The van der Waals surface area contributed by atoms with Crippen LogP contribution in [0.25, 0.3) is 0 Å². The highest BCUT2D eigenvalue weighted by Crippen LogP contribution is 2.38. The average Bonchev–Trinajstić information content (AvgIpc) is 2.88. The fraction of sp³-hybridized carbons (Fsp3) is 0.267. The lowest BCUT2D eigenvalue weighted by Gasteiger charge is -2.24. The molecular weight excluding hydrogens is 324 g/mol. The Bertz CT molecular complexity index is 633. The van der Waals surface area contributed by atoms with Gasteiger partial charge in [0.1, 0.15) is 11.9 Å². The molecule has 4 heteroatoms. The molecule has 0 N–H and O–H groups in total. The number of ether oxygens (including phenoxy) is 1. The van der Waals surface area contributed by atoms with Gasteiger partial charge in [-0.25, -0.2) is 0 Å². The van der Waals surface area contributed by atoms with Gasteiger partial charge in [-0.05, 0) is 36.8 Å². The summed E-state index contributed by atoms with van der Waals surface area (Å²) in [6, 6.07) is 9.79. The van der Waals surface area contributed by atoms with E-state index in [1.165, 1.54) is 4.88 Å².